The number of carbonyl (C=O) groups is 1. The lowest BCUT2D eigenvalue weighted by molar-refractivity contribution is -0.0588. The normalized spacial score (nSPS) is 19.3. The van der Waals surface area contributed by atoms with Gasteiger partial charge < -0.3 is 19.9 Å². The van der Waals surface area contributed by atoms with E-state index in [9.17, 15) is 26.7 Å². The van der Waals surface area contributed by atoms with Crippen molar-refractivity contribution in [2.24, 2.45) is 5.92 Å². The molecule has 2 aromatic heterocycles. The molecule has 0 bridgehead atoms. The van der Waals surface area contributed by atoms with Gasteiger partial charge >= 0.3 is 0 Å². The summed E-state index contributed by atoms with van der Waals surface area (Å²) in [5.74, 6) is -3.82. The van der Waals surface area contributed by atoms with Gasteiger partial charge in [0.2, 0.25) is 5.92 Å². The minimum atomic E-state index is -3.09. The first kappa shape index (κ1) is 34.0. The Morgan fingerprint density at radius 1 is 1.23 bits per heavy atom. The van der Waals surface area contributed by atoms with Gasteiger partial charge in [0.1, 0.15) is 18.2 Å². The number of rotatable bonds is 14. The molecule has 0 aliphatic heterocycles. The highest BCUT2D eigenvalue weighted by molar-refractivity contribution is 6.76. The Kier molecular flexibility index (Phi) is 10.8. The van der Waals surface area contributed by atoms with E-state index in [-0.39, 0.29) is 31.0 Å². The number of ether oxygens (including phenoxy) is 1. The van der Waals surface area contributed by atoms with E-state index in [1.165, 1.54) is 0 Å². The van der Waals surface area contributed by atoms with Gasteiger partial charge in [-0.2, -0.15) is 0 Å². The van der Waals surface area contributed by atoms with Crippen LogP contribution in [0, 0.1) is 12.8 Å². The summed E-state index contributed by atoms with van der Waals surface area (Å²) in [7, 11) is -1.42. The van der Waals surface area contributed by atoms with Crippen molar-refractivity contribution >= 4 is 25.0 Å². The number of carbonyl (C=O) groups excluding carboxylic acids is 1. The zero-order valence-electron chi connectivity index (χ0n) is 25.7. The Morgan fingerprint density at radius 3 is 2.61 bits per heavy atom. The zero-order valence-corrected chi connectivity index (χ0v) is 26.7. The van der Waals surface area contributed by atoms with Crippen LogP contribution in [-0.2, 0) is 11.5 Å². The Hall–Kier alpha value is -2.91. The lowest BCUT2D eigenvalue weighted by Crippen LogP contribution is -2.40. The zero-order chi connectivity index (χ0) is 32.2. The first-order valence-electron chi connectivity index (χ1n) is 14.9. The number of benzene rings is 1. The van der Waals surface area contributed by atoms with Gasteiger partial charge in [0.15, 0.2) is 11.9 Å². The number of nitrogens with one attached hydrogen (secondary N) is 2. The Bertz CT molecular complexity index is 1410. The third kappa shape index (κ3) is 8.62. The number of nitrogens with zero attached hydrogens (tertiary/aromatic N) is 4. The van der Waals surface area contributed by atoms with Crippen LogP contribution in [0.1, 0.15) is 72.3 Å². The van der Waals surface area contributed by atoms with E-state index < -0.39 is 63.5 Å². The molecule has 1 amide bonds. The smallest absolute Gasteiger partial charge is 0.276 e. The average Bonchev–Trinajstić information content (AvgIpc) is 3.54. The second kappa shape index (κ2) is 14.0. The first-order valence-corrected chi connectivity index (χ1v) is 18.6. The molecule has 3 aromatic rings. The molecule has 1 aliphatic carbocycles. The summed E-state index contributed by atoms with van der Waals surface area (Å²) < 4.78 is 81.0. The van der Waals surface area contributed by atoms with Crippen molar-refractivity contribution in [1.82, 2.24) is 30.5 Å². The maximum Gasteiger partial charge on any atom is 0.276 e. The molecule has 0 radical (unpaired) electrons. The van der Waals surface area contributed by atoms with E-state index in [0.29, 0.717) is 35.4 Å². The molecule has 1 aromatic carbocycles. The van der Waals surface area contributed by atoms with Crippen molar-refractivity contribution in [3.05, 3.63) is 41.0 Å². The van der Waals surface area contributed by atoms with E-state index in [2.05, 4.69) is 40.6 Å². The lowest BCUT2D eigenvalue weighted by Gasteiger charge is -2.34. The molecule has 15 heteroatoms. The number of aromatic nitrogens is 4. The van der Waals surface area contributed by atoms with E-state index in [1.807, 2.05) is 0 Å². The third-order valence-corrected chi connectivity index (χ3v) is 9.70. The molecule has 4 atom stereocenters. The summed E-state index contributed by atoms with van der Waals surface area (Å²) in [5.41, 5.74) is 2.02. The molecular weight excluding hydrogens is 603 g/mol. The number of amides is 1. The van der Waals surface area contributed by atoms with Gasteiger partial charge in [0, 0.05) is 40.1 Å². The molecule has 1 aliphatic rings. The van der Waals surface area contributed by atoms with E-state index in [1.54, 1.807) is 36.6 Å². The second-order valence-electron chi connectivity index (χ2n) is 12.8. The van der Waals surface area contributed by atoms with Crippen molar-refractivity contribution in [2.45, 2.75) is 103 Å². The fraction of sp³-hybridized carbons (Fsp3) is 0.655. The quantitative estimate of drug-likeness (QED) is 0.116. The van der Waals surface area contributed by atoms with Crippen LogP contribution >= 0.6 is 0 Å². The van der Waals surface area contributed by atoms with Crippen LogP contribution in [0.2, 0.25) is 25.7 Å². The SMILES string of the molecule is Cc1nonc1C(=O)N[C@H](c1nc2ccc([C@@H](C)NCC(F)C(F)F)cc2n1COCC[Si](C)(C)C)[C@@H]1CCCC(F)(F)C1. The predicted molar refractivity (Wildman–Crippen MR) is 157 cm³/mol. The van der Waals surface area contributed by atoms with Crippen LogP contribution in [0.4, 0.5) is 22.0 Å². The standard InChI is InChI=1S/C29H41F5N6O3Si/c1-17(35-15-21(30)26(31)32)19-8-9-22-23(13-19)40(16-42-11-12-44(3,4)5)27(36-22)25(20-7-6-10-29(33,34)14-20)37-28(41)24-18(2)38-43-39-24/h8-9,13,17,20-21,25-26,35H,6-7,10-12,14-16H2,1-5H3,(H,37,41)/t17-,20-,21?,25+/m1/s1. The molecule has 1 fully saturated rings. The fourth-order valence-corrected chi connectivity index (χ4v) is 6.12. The Balaban J connectivity index is 1.74. The van der Waals surface area contributed by atoms with Crippen molar-refractivity contribution in [3.8, 4) is 0 Å². The highest BCUT2D eigenvalue weighted by Crippen LogP contribution is 2.43. The summed E-state index contributed by atoms with van der Waals surface area (Å²) in [4.78, 5) is 18.1. The third-order valence-electron chi connectivity index (χ3n) is 7.99. The largest absolute Gasteiger partial charge is 0.361 e. The van der Waals surface area contributed by atoms with Gasteiger partial charge in [0.05, 0.1) is 17.1 Å². The Labute approximate surface area is 254 Å². The summed E-state index contributed by atoms with van der Waals surface area (Å²) in [5, 5.41) is 13.0. The number of hydrogen-bond acceptors (Lipinski definition) is 7. The maximum absolute atomic E-state index is 14.7. The van der Waals surface area contributed by atoms with Crippen LogP contribution in [0.3, 0.4) is 0 Å². The minimum absolute atomic E-state index is 0.0412. The lowest BCUT2D eigenvalue weighted by atomic mass is 9.81. The number of aryl methyl sites for hydroxylation is 1. The molecule has 2 N–H and O–H groups in total. The minimum Gasteiger partial charge on any atom is -0.361 e. The number of halogens is 5. The van der Waals surface area contributed by atoms with Crippen LogP contribution in [-0.4, -0.2) is 65.5 Å². The summed E-state index contributed by atoms with van der Waals surface area (Å²) in [6.07, 6.45) is -5.34. The highest BCUT2D eigenvalue weighted by atomic mass is 28.3. The van der Waals surface area contributed by atoms with Gasteiger partial charge in [-0.15, -0.1) is 0 Å². The monoisotopic (exact) mass is 644 g/mol. The van der Waals surface area contributed by atoms with Crippen LogP contribution in [0.25, 0.3) is 11.0 Å². The summed E-state index contributed by atoms with van der Waals surface area (Å²) >= 11 is 0. The fourth-order valence-electron chi connectivity index (χ4n) is 5.37. The van der Waals surface area contributed by atoms with E-state index in [0.717, 1.165) is 6.04 Å². The van der Waals surface area contributed by atoms with Gasteiger partial charge in [-0.25, -0.2) is 31.6 Å². The van der Waals surface area contributed by atoms with Crippen molar-refractivity contribution in [1.29, 1.82) is 0 Å². The molecule has 0 spiro atoms. The molecule has 2 heterocycles. The Morgan fingerprint density at radius 2 is 1.98 bits per heavy atom. The molecule has 9 nitrogen and oxygen atoms in total. The van der Waals surface area contributed by atoms with Gasteiger partial charge in [0.25, 0.3) is 12.3 Å². The molecule has 1 unspecified atom stereocenters. The van der Waals surface area contributed by atoms with Crippen molar-refractivity contribution in [2.75, 3.05) is 13.2 Å². The molecule has 1 saturated carbocycles. The molecule has 4 rings (SSSR count). The predicted octanol–water partition coefficient (Wildman–Crippen LogP) is 6.59. The molecule has 244 valence electrons. The molecular formula is C29H41F5N6O3Si. The maximum atomic E-state index is 14.7. The van der Waals surface area contributed by atoms with Gasteiger partial charge in [-0.05, 0) is 61.5 Å². The van der Waals surface area contributed by atoms with E-state index >= 15 is 0 Å². The summed E-state index contributed by atoms with van der Waals surface area (Å²) in [6, 6.07) is 4.76. The highest BCUT2D eigenvalue weighted by Gasteiger charge is 2.42. The molecule has 44 heavy (non-hydrogen) atoms. The molecule has 0 saturated heterocycles. The van der Waals surface area contributed by atoms with Crippen LogP contribution in [0.5, 0.6) is 0 Å². The number of hydrogen-bond donors (Lipinski definition) is 2. The summed E-state index contributed by atoms with van der Waals surface area (Å²) in [6.45, 7) is 9.94. The topological polar surface area (TPSA) is 107 Å². The van der Waals surface area contributed by atoms with Gasteiger partial charge in [-0.1, -0.05) is 30.9 Å². The van der Waals surface area contributed by atoms with E-state index in [4.69, 9.17) is 14.3 Å². The number of fused-ring (bicyclic) bond motifs is 1. The van der Waals surface area contributed by atoms with Crippen molar-refractivity contribution in [3.63, 3.8) is 0 Å². The van der Waals surface area contributed by atoms with Gasteiger partial charge in [-0.3, -0.25) is 4.79 Å². The van der Waals surface area contributed by atoms with Crippen LogP contribution < -0.4 is 10.6 Å². The first-order chi connectivity index (χ1) is 20.6. The van der Waals surface area contributed by atoms with Crippen LogP contribution in [0.15, 0.2) is 22.8 Å². The van der Waals surface area contributed by atoms with Crippen molar-refractivity contribution < 1.29 is 36.1 Å². The second-order valence-corrected chi connectivity index (χ2v) is 18.5. The number of alkyl halides is 5. The average molecular weight is 645 g/mol. The number of imidazole rings is 1.